The first-order chi connectivity index (χ1) is 7.70. The van der Waals surface area contributed by atoms with Crippen LogP contribution in [-0.2, 0) is 0 Å². The summed E-state index contributed by atoms with van der Waals surface area (Å²) in [5.74, 6) is 1.29. The summed E-state index contributed by atoms with van der Waals surface area (Å²) in [5.41, 5.74) is 0.484. The molecule has 4 nitrogen and oxygen atoms in total. The lowest BCUT2D eigenvalue weighted by atomic mass is 10.3. The number of carbonyl (C=O) groups is 1. The van der Waals surface area contributed by atoms with Gasteiger partial charge in [-0.15, -0.1) is 0 Å². The normalized spacial score (nSPS) is 22.6. The van der Waals surface area contributed by atoms with Crippen LogP contribution in [0.3, 0.4) is 0 Å². The van der Waals surface area contributed by atoms with E-state index in [1.54, 1.807) is 6.07 Å². The van der Waals surface area contributed by atoms with E-state index >= 15 is 0 Å². The van der Waals surface area contributed by atoms with Crippen molar-refractivity contribution in [3.8, 4) is 0 Å². The monoisotopic (exact) mass is 219 g/mol. The molecule has 1 aliphatic rings. The van der Waals surface area contributed by atoms with E-state index in [1.165, 1.54) is 0 Å². The van der Waals surface area contributed by atoms with Gasteiger partial charge >= 0.3 is 0 Å². The number of carbonyl (C=O) groups excluding carboxylic acids is 1. The molecule has 86 valence electrons. The van der Waals surface area contributed by atoms with Crippen molar-refractivity contribution in [2.75, 3.05) is 11.9 Å². The smallest absolute Gasteiger partial charge is 0.270 e. The van der Waals surface area contributed by atoms with Gasteiger partial charge in [0.2, 0.25) is 0 Å². The maximum atomic E-state index is 11.8. The third-order valence-corrected chi connectivity index (χ3v) is 2.77. The summed E-state index contributed by atoms with van der Waals surface area (Å²) < 4.78 is 0. The molecule has 1 aromatic rings. The third kappa shape index (κ3) is 2.51. The van der Waals surface area contributed by atoms with Gasteiger partial charge in [-0.2, -0.15) is 0 Å². The fraction of sp³-hybridized carbons (Fsp3) is 0.500. The van der Waals surface area contributed by atoms with Gasteiger partial charge in [-0.25, -0.2) is 4.98 Å². The lowest BCUT2D eigenvalue weighted by Gasteiger charge is -2.06. The molecule has 0 spiro atoms. The van der Waals surface area contributed by atoms with Gasteiger partial charge in [-0.05, 0) is 31.4 Å². The van der Waals surface area contributed by atoms with Gasteiger partial charge in [-0.3, -0.25) is 4.79 Å². The van der Waals surface area contributed by atoms with Crippen LogP contribution in [0, 0.1) is 5.92 Å². The maximum Gasteiger partial charge on any atom is 0.270 e. The molecule has 0 radical (unpaired) electrons. The van der Waals surface area contributed by atoms with E-state index in [1.807, 2.05) is 19.1 Å². The van der Waals surface area contributed by atoms with Crippen molar-refractivity contribution in [2.45, 2.75) is 26.3 Å². The fourth-order valence-electron chi connectivity index (χ4n) is 1.61. The zero-order valence-electron chi connectivity index (χ0n) is 9.66. The number of rotatable bonds is 4. The van der Waals surface area contributed by atoms with Crippen molar-refractivity contribution < 1.29 is 4.79 Å². The lowest BCUT2D eigenvalue weighted by Crippen LogP contribution is -2.27. The third-order valence-electron chi connectivity index (χ3n) is 2.77. The highest BCUT2D eigenvalue weighted by atomic mass is 16.2. The number of nitrogens with zero attached hydrogens (tertiary/aromatic N) is 1. The first-order valence-corrected chi connectivity index (χ1v) is 5.72. The van der Waals surface area contributed by atoms with Gasteiger partial charge in [0.05, 0.1) is 0 Å². The van der Waals surface area contributed by atoms with Gasteiger partial charge in [-0.1, -0.05) is 13.0 Å². The minimum absolute atomic E-state index is 0.0749. The van der Waals surface area contributed by atoms with Crippen LogP contribution in [-0.4, -0.2) is 23.5 Å². The molecule has 1 aliphatic carbocycles. The number of nitrogens with one attached hydrogen (secondary N) is 2. The van der Waals surface area contributed by atoms with E-state index in [2.05, 4.69) is 22.5 Å². The predicted molar refractivity (Wildman–Crippen MR) is 63.4 cm³/mol. The summed E-state index contributed by atoms with van der Waals surface area (Å²) in [6.45, 7) is 4.94. The van der Waals surface area contributed by atoms with Gasteiger partial charge < -0.3 is 10.6 Å². The topological polar surface area (TPSA) is 54.0 Å². The molecule has 0 saturated heterocycles. The van der Waals surface area contributed by atoms with Crippen LogP contribution in [0.25, 0.3) is 0 Å². The Balaban J connectivity index is 2.01. The number of pyridine rings is 1. The number of amides is 1. The number of hydrogen-bond donors (Lipinski definition) is 2. The van der Waals surface area contributed by atoms with Crippen LogP contribution in [0.2, 0.25) is 0 Å². The zero-order valence-corrected chi connectivity index (χ0v) is 9.66. The van der Waals surface area contributed by atoms with Gasteiger partial charge in [0, 0.05) is 12.6 Å². The lowest BCUT2D eigenvalue weighted by molar-refractivity contribution is 0.0944. The van der Waals surface area contributed by atoms with Gasteiger partial charge in [0.15, 0.2) is 0 Å². The first-order valence-electron chi connectivity index (χ1n) is 5.72. The highest BCUT2D eigenvalue weighted by molar-refractivity contribution is 5.93. The number of hydrogen-bond acceptors (Lipinski definition) is 3. The zero-order chi connectivity index (χ0) is 11.5. The van der Waals surface area contributed by atoms with E-state index in [4.69, 9.17) is 0 Å². The molecule has 1 aromatic heterocycles. The van der Waals surface area contributed by atoms with Crippen LogP contribution in [0.5, 0.6) is 0 Å². The first kappa shape index (κ1) is 10.9. The molecule has 1 saturated carbocycles. The van der Waals surface area contributed by atoms with Crippen molar-refractivity contribution in [2.24, 2.45) is 5.92 Å². The summed E-state index contributed by atoms with van der Waals surface area (Å²) in [7, 11) is 0. The largest absolute Gasteiger partial charge is 0.370 e. The molecule has 2 unspecified atom stereocenters. The SMILES string of the molecule is CCNc1cccc(C(=O)NC2CC2C)n1. The highest BCUT2D eigenvalue weighted by Crippen LogP contribution is 2.29. The van der Waals surface area contributed by atoms with Crippen molar-refractivity contribution >= 4 is 11.7 Å². The van der Waals surface area contributed by atoms with E-state index in [-0.39, 0.29) is 5.91 Å². The second kappa shape index (κ2) is 4.51. The molecule has 2 N–H and O–H groups in total. The quantitative estimate of drug-likeness (QED) is 0.809. The Labute approximate surface area is 95.5 Å². The molecule has 2 rings (SSSR count). The Morgan fingerprint density at radius 3 is 2.94 bits per heavy atom. The summed E-state index contributed by atoms with van der Waals surface area (Å²) in [4.78, 5) is 16.0. The Morgan fingerprint density at radius 2 is 2.31 bits per heavy atom. The Bertz CT molecular complexity index is 392. The average Bonchev–Trinajstić information content (AvgIpc) is 2.95. The summed E-state index contributed by atoms with van der Waals surface area (Å²) in [5, 5.41) is 6.05. The summed E-state index contributed by atoms with van der Waals surface area (Å²) in [6, 6.07) is 5.79. The average molecular weight is 219 g/mol. The van der Waals surface area contributed by atoms with Crippen LogP contribution in [0.4, 0.5) is 5.82 Å². The molecule has 1 amide bonds. The molecule has 1 heterocycles. The number of anilines is 1. The molecule has 2 atom stereocenters. The van der Waals surface area contributed by atoms with E-state index in [0.29, 0.717) is 17.7 Å². The minimum atomic E-state index is -0.0749. The highest BCUT2D eigenvalue weighted by Gasteiger charge is 2.34. The van der Waals surface area contributed by atoms with E-state index in [9.17, 15) is 4.79 Å². The van der Waals surface area contributed by atoms with Crippen LogP contribution in [0.1, 0.15) is 30.8 Å². The van der Waals surface area contributed by atoms with Crippen LogP contribution in [0.15, 0.2) is 18.2 Å². The molecule has 0 aliphatic heterocycles. The van der Waals surface area contributed by atoms with Crippen molar-refractivity contribution in [1.82, 2.24) is 10.3 Å². The summed E-state index contributed by atoms with van der Waals surface area (Å²) >= 11 is 0. The maximum absolute atomic E-state index is 11.8. The predicted octanol–water partition coefficient (Wildman–Crippen LogP) is 1.65. The van der Waals surface area contributed by atoms with Crippen LogP contribution >= 0.6 is 0 Å². The minimum Gasteiger partial charge on any atom is -0.370 e. The van der Waals surface area contributed by atoms with E-state index in [0.717, 1.165) is 18.8 Å². The Morgan fingerprint density at radius 1 is 1.56 bits per heavy atom. The second-order valence-electron chi connectivity index (χ2n) is 4.23. The Kier molecular flexibility index (Phi) is 3.08. The molecular weight excluding hydrogens is 202 g/mol. The Hall–Kier alpha value is -1.58. The fourth-order valence-corrected chi connectivity index (χ4v) is 1.61. The second-order valence-corrected chi connectivity index (χ2v) is 4.23. The molecule has 4 heteroatoms. The molecular formula is C12H17N3O. The van der Waals surface area contributed by atoms with Crippen LogP contribution < -0.4 is 10.6 Å². The van der Waals surface area contributed by atoms with Crippen molar-refractivity contribution in [3.05, 3.63) is 23.9 Å². The van der Waals surface area contributed by atoms with Crippen molar-refractivity contribution in [1.29, 1.82) is 0 Å². The summed E-state index contributed by atoms with van der Waals surface area (Å²) in [6.07, 6.45) is 1.08. The molecule has 1 fully saturated rings. The van der Waals surface area contributed by atoms with Gasteiger partial charge in [0.25, 0.3) is 5.91 Å². The number of aromatic nitrogens is 1. The van der Waals surface area contributed by atoms with Crippen molar-refractivity contribution in [3.63, 3.8) is 0 Å². The molecule has 16 heavy (non-hydrogen) atoms. The van der Waals surface area contributed by atoms with Gasteiger partial charge in [0.1, 0.15) is 11.5 Å². The molecule has 0 bridgehead atoms. The van der Waals surface area contributed by atoms with E-state index < -0.39 is 0 Å². The molecule has 0 aromatic carbocycles. The standard InChI is InChI=1S/C12H17N3O/c1-3-13-11-6-4-5-9(14-11)12(16)15-10-7-8(10)2/h4-6,8,10H,3,7H2,1-2H3,(H,13,14)(H,15,16).